The van der Waals surface area contributed by atoms with Crippen molar-refractivity contribution >= 4 is 43.6 Å². The van der Waals surface area contributed by atoms with E-state index in [1.807, 2.05) is 11.8 Å². The van der Waals surface area contributed by atoms with Crippen molar-refractivity contribution in [2.24, 2.45) is 0 Å². The highest BCUT2D eigenvalue weighted by atomic mass is 79.9. The van der Waals surface area contributed by atoms with Gasteiger partial charge in [-0.15, -0.1) is 0 Å². The van der Waals surface area contributed by atoms with Gasteiger partial charge in [-0.25, -0.2) is 0 Å². The number of aromatic nitrogens is 1. The number of hydrogen-bond donors (Lipinski definition) is 0. The van der Waals surface area contributed by atoms with Crippen LogP contribution in [0.3, 0.4) is 0 Å². The van der Waals surface area contributed by atoms with Gasteiger partial charge in [-0.3, -0.25) is 0 Å². The Morgan fingerprint density at radius 2 is 2.19 bits per heavy atom. The number of halogens is 2. The molecule has 3 rings (SSSR count). The molecule has 1 nitrogen and oxygen atoms in total. The summed E-state index contributed by atoms with van der Waals surface area (Å²) in [7, 11) is 0. The average Bonchev–Trinajstić information content (AvgIpc) is 2.63. The Morgan fingerprint density at radius 3 is 3.06 bits per heavy atom. The van der Waals surface area contributed by atoms with Gasteiger partial charge >= 0.3 is 0 Å². The lowest BCUT2D eigenvalue weighted by atomic mass is 10.1. The van der Waals surface area contributed by atoms with Crippen molar-refractivity contribution in [2.75, 3.05) is 0 Å². The average molecular weight is 359 g/mol. The Kier molecular flexibility index (Phi) is 2.90. The third-order valence-electron chi connectivity index (χ3n) is 2.67. The summed E-state index contributed by atoms with van der Waals surface area (Å²) in [5, 5.41) is 1.31. The summed E-state index contributed by atoms with van der Waals surface area (Å²) in [5.41, 5.74) is 1.36. The van der Waals surface area contributed by atoms with Crippen LogP contribution in [0.2, 0.25) is 0 Å². The molecule has 4 heteroatoms. The maximum absolute atomic E-state index is 3.77. The second-order valence-electron chi connectivity index (χ2n) is 3.75. The van der Waals surface area contributed by atoms with Crippen LogP contribution in [-0.2, 0) is 6.54 Å². The molecule has 1 aromatic carbocycles. The normalized spacial score (nSPS) is 18.8. The van der Waals surface area contributed by atoms with Crippen LogP contribution in [-0.4, -0.2) is 4.57 Å². The highest BCUT2D eigenvalue weighted by Crippen LogP contribution is 2.42. The van der Waals surface area contributed by atoms with E-state index in [1.54, 1.807) is 0 Å². The number of alkyl halides is 1. The highest BCUT2D eigenvalue weighted by molar-refractivity contribution is 9.10. The fourth-order valence-electron chi connectivity index (χ4n) is 1.88. The molecule has 0 saturated heterocycles. The van der Waals surface area contributed by atoms with E-state index < -0.39 is 0 Å². The first-order chi connectivity index (χ1) is 7.74. The standard InChI is InChI=1S/C12H9Br2NS/c13-8-3-4-11-9(6-8)10(14)7-15-5-1-2-12(15)16-11/h1-6,10H,7H2. The van der Waals surface area contributed by atoms with Crippen molar-refractivity contribution in [1.82, 2.24) is 4.57 Å². The maximum atomic E-state index is 3.77. The van der Waals surface area contributed by atoms with Crippen LogP contribution in [0.5, 0.6) is 0 Å². The van der Waals surface area contributed by atoms with Crippen LogP contribution < -0.4 is 0 Å². The molecule has 16 heavy (non-hydrogen) atoms. The van der Waals surface area contributed by atoms with E-state index in [1.165, 1.54) is 15.5 Å². The molecule has 2 heterocycles. The lowest BCUT2D eigenvalue weighted by molar-refractivity contribution is 0.649. The Bertz CT molecular complexity index is 536. The quantitative estimate of drug-likeness (QED) is 0.609. The SMILES string of the molecule is Brc1ccc2c(c1)C(Br)Cn1cccc1S2. The third kappa shape index (κ3) is 1.87. The molecule has 1 aliphatic heterocycles. The Balaban J connectivity index is 2.14. The van der Waals surface area contributed by atoms with E-state index in [-0.39, 0.29) is 0 Å². The summed E-state index contributed by atoms with van der Waals surface area (Å²) in [5.74, 6) is 0. The summed E-state index contributed by atoms with van der Waals surface area (Å²) in [4.78, 5) is 1.71. The van der Waals surface area contributed by atoms with Gasteiger partial charge < -0.3 is 4.57 Å². The first-order valence-corrected chi connectivity index (χ1v) is 7.53. The van der Waals surface area contributed by atoms with Crippen LogP contribution in [0.4, 0.5) is 0 Å². The summed E-state index contributed by atoms with van der Waals surface area (Å²) in [6.07, 6.45) is 2.14. The Labute approximate surface area is 115 Å². The molecular formula is C12H9Br2NS. The zero-order valence-electron chi connectivity index (χ0n) is 8.36. The first kappa shape index (κ1) is 10.9. The molecule has 2 aromatic rings. The molecule has 1 atom stereocenters. The predicted molar refractivity (Wildman–Crippen MR) is 74.4 cm³/mol. The van der Waals surface area contributed by atoms with Crippen LogP contribution in [0.25, 0.3) is 0 Å². The van der Waals surface area contributed by atoms with E-state index in [2.05, 4.69) is 73.0 Å². The number of nitrogens with zero attached hydrogens (tertiary/aromatic N) is 1. The van der Waals surface area contributed by atoms with E-state index in [9.17, 15) is 0 Å². The highest BCUT2D eigenvalue weighted by Gasteiger charge is 2.20. The number of fused-ring (bicyclic) bond motifs is 2. The zero-order chi connectivity index (χ0) is 11.1. The molecule has 1 aromatic heterocycles. The summed E-state index contributed by atoms with van der Waals surface area (Å²) in [6.45, 7) is 0.985. The number of rotatable bonds is 0. The molecule has 0 saturated carbocycles. The summed E-state index contributed by atoms with van der Waals surface area (Å²) >= 11 is 9.14. The van der Waals surface area contributed by atoms with Crippen molar-refractivity contribution in [1.29, 1.82) is 0 Å². The molecule has 82 valence electrons. The zero-order valence-corrected chi connectivity index (χ0v) is 12.3. The third-order valence-corrected chi connectivity index (χ3v) is 5.12. The van der Waals surface area contributed by atoms with E-state index >= 15 is 0 Å². The van der Waals surface area contributed by atoms with E-state index in [0.29, 0.717) is 4.83 Å². The largest absolute Gasteiger partial charge is 0.341 e. The Morgan fingerprint density at radius 1 is 1.31 bits per heavy atom. The second kappa shape index (κ2) is 4.24. The fraction of sp³-hybridized carbons (Fsp3) is 0.167. The van der Waals surface area contributed by atoms with Crippen LogP contribution in [0.15, 0.2) is 50.9 Å². The van der Waals surface area contributed by atoms with Crippen LogP contribution >= 0.6 is 43.6 Å². The topological polar surface area (TPSA) is 4.93 Å². The summed E-state index contributed by atoms with van der Waals surface area (Å²) in [6, 6.07) is 10.8. The van der Waals surface area contributed by atoms with Gasteiger partial charge in [0.2, 0.25) is 0 Å². The number of hydrogen-bond acceptors (Lipinski definition) is 1. The smallest absolute Gasteiger partial charge is 0.0796 e. The van der Waals surface area contributed by atoms with Crippen molar-refractivity contribution in [3.05, 3.63) is 46.6 Å². The predicted octanol–water partition coefficient (Wildman–Crippen LogP) is 4.85. The molecule has 0 N–H and O–H groups in total. The van der Waals surface area contributed by atoms with Gasteiger partial charge in [0.15, 0.2) is 0 Å². The molecule has 0 bridgehead atoms. The number of benzene rings is 1. The fourth-order valence-corrected chi connectivity index (χ4v) is 4.18. The molecule has 0 aliphatic carbocycles. The minimum absolute atomic E-state index is 0.376. The Hall–Kier alpha value is -0.190. The van der Waals surface area contributed by atoms with Crippen LogP contribution in [0, 0.1) is 0 Å². The molecule has 1 aliphatic rings. The van der Waals surface area contributed by atoms with Gasteiger partial charge in [0.25, 0.3) is 0 Å². The monoisotopic (exact) mass is 357 g/mol. The molecule has 0 amide bonds. The van der Waals surface area contributed by atoms with Crippen LogP contribution in [0.1, 0.15) is 10.4 Å². The van der Waals surface area contributed by atoms with E-state index in [0.717, 1.165) is 11.0 Å². The minimum atomic E-state index is 0.376. The van der Waals surface area contributed by atoms with Gasteiger partial charge in [-0.1, -0.05) is 43.6 Å². The van der Waals surface area contributed by atoms with Gasteiger partial charge in [-0.05, 0) is 35.9 Å². The van der Waals surface area contributed by atoms with Crippen molar-refractivity contribution < 1.29 is 0 Å². The molecule has 0 spiro atoms. The molecule has 1 unspecified atom stereocenters. The van der Waals surface area contributed by atoms with Gasteiger partial charge in [-0.2, -0.15) is 0 Å². The first-order valence-electron chi connectivity index (χ1n) is 5.00. The van der Waals surface area contributed by atoms with Crippen molar-refractivity contribution in [3.8, 4) is 0 Å². The van der Waals surface area contributed by atoms with Crippen molar-refractivity contribution in [3.63, 3.8) is 0 Å². The van der Waals surface area contributed by atoms with Crippen molar-refractivity contribution in [2.45, 2.75) is 21.3 Å². The molecule has 0 fully saturated rings. The molecule has 0 radical (unpaired) electrons. The maximum Gasteiger partial charge on any atom is 0.0796 e. The summed E-state index contributed by atoms with van der Waals surface area (Å²) < 4.78 is 3.43. The molecular weight excluding hydrogens is 350 g/mol. The van der Waals surface area contributed by atoms with Gasteiger partial charge in [0, 0.05) is 22.1 Å². The van der Waals surface area contributed by atoms with Gasteiger partial charge in [0.1, 0.15) is 0 Å². The lowest BCUT2D eigenvalue weighted by Gasteiger charge is -2.11. The lowest BCUT2D eigenvalue weighted by Crippen LogP contribution is -2.01. The second-order valence-corrected chi connectivity index (χ2v) is 6.83. The van der Waals surface area contributed by atoms with E-state index in [4.69, 9.17) is 0 Å². The minimum Gasteiger partial charge on any atom is -0.341 e. The van der Waals surface area contributed by atoms with Gasteiger partial charge in [0.05, 0.1) is 9.85 Å².